The van der Waals surface area contributed by atoms with Crippen LogP contribution in [0.15, 0.2) is 149 Å². The molecule has 1 aliphatic carbocycles. The molecule has 1 heterocycles. The maximum absolute atomic E-state index is 2.37. The van der Waals surface area contributed by atoms with Gasteiger partial charge in [-0.15, -0.1) is 0 Å². The lowest BCUT2D eigenvalue weighted by Gasteiger charge is -2.12. The number of allylic oxidation sites excluding steroid dienone is 2. The lowest BCUT2D eigenvalue weighted by Crippen LogP contribution is -1.86. The van der Waals surface area contributed by atoms with Crippen molar-refractivity contribution in [1.29, 1.82) is 0 Å². The topological polar surface area (TPSA) is 0 Å². The molecule has 0 atom stereocenters. The molecule has 0 N–H and O–H groups in total. The summed E-state index contributed by atoms with van der Waals surface area (Å²) in [5, 5.41) is 7.87. The first-order valence-electron chi connectivity index (χ1n) is 13.8. The zero-order valence-electron chi connectivity index (χ0n) is 21.7. The molecule has 7 aromatic rings. The molecule has 185 valence electrons. The summed E-state index contributed by atoms with van der Waals surface area (Å²) in [6.45, 7) is 0. The Bertz CT molecular complexity index is 2150. The van der Waals surface area contributed by atoms with Gasteiger partial charge in [0.25, 0.3) is 0 Å². The van der Waals surface area contributed by atoms with E-state index in [2.05, 4.69) is 140 Å². The van der Waals surface area contributed by atoms with Gasteiger partial charge in [0, 0.05) is 9.79 Å². The minimum absolute atomic E-state index is 1.24. The van der Waals surface area contributed by atoms with E-state index in [1.807, 2.05) is 11.8 Å². The molecular formula is C39H23S. The summed E-state index contributed by atoms with van der Waals surface area (Å²) in [5.41, 5.74) is 9.10. The van der Waals surface area contributed by atoms with Crippen molar-refractivity contribution >= 4 is 49.7 Å². The SMILES string of the molecule is C1=C2[C]1c1ccccc1Sc1cc(-c3ccc(-c4ccc5c6ccccc6c6ccccc6c5c4)cc3)ccc12. The summed E-state index contributed by atoms with van der Waals surface area (Å²) in [6.07, 6.45) is 2.32. The van der Waals surface area contributed by atoms with Crippen LogP contribution in [0.3, 0.4) is 0 Å². The second kappa shape index (κ2) is 8.45. The highest BCUT2D eigenvalue weighted by molar-refractivity contribution is 7.99. The summed E-state index contributed by atoms with van der Waals surface area (Å²) in [6, 6.07) is 49.2. The fourth-order valence-corrected chi connectivity index (χ4v) is 7.55. The lowest BCUT2D eigenvalue weighted by atomic mass is 9.91. The van der Waals surface area contributed by atoms with Gasteiger partial charge in [-0.05, 0) is 89.5 Å². The Morgan fingerprint density at radius 3 is 1.57 bits per heavy atom. The van der Waals surface area contributed by atoms with Crippen molar-refractivity contribution in [2.75, 3.05) is 0 Å². The Morgan fingerprint density at radius 1 is 0.350 bits per heavy atom. The van der Waals surface area contributed by atoms with Gasteiger partial charge in [-0.25, -0.2) is 0 Å². The Morgan fingerprint density at radius 2 is 0.875 bits per heavy atom. The van der Waals surface area contributed by atoms with Crippen molar-refractivity contribution in [2.24, 2.45) is 0 Å². The largest absolute Gasteiger partial charge is 0.0891 e. The summed E-state index contributed by atoms with van der Waals surface area (Å²) < 4.78 is 0. The molecule has 1 aliphatic heterocycles. The molecule has 40 heavy (non-hydrogen) atoms. The van der Waals surface area contributed by atoms with E-state index in [9.17, 15) is 0 Å². The summed E-state index contributed by atoms with van der Waals surface area (Å²) >= 11 is 1.89. The van der Waals surface area contributed by atoms with Crippen molar-refractivity contribution in [3.63, 3.8) is 0 Å². The second-order valence-corrected chi connectivity index (χ2v) is 11.8. The van der Waals surface area contributed by atoms with Crippen LogP contribution in [0, 0.1) is 5.92 Å². The first kappa shape index (κ1) is 22.2. The first-order valence-corrected chi connectivity index (χ1v) is 14.6. The van der Waals surface area contributed by atoms with Crippen molar-refractivity contribution in [3.05, 3.63) is 157 Å². The Labute approximate surface area is 237 Å². The van der Waals surface area contributed by atoms with Crippen LogP contribution in [0.5, 0.6) is 0 Å². The van der Waals surface area contributed by atoms with Crippen molar-refractivity contribution in [2.45, 2.75) is 9.79 Å². The predicted molar refractivity (Wildman–Crippen MR) is 171 cm³/mol. The van der Waals surface area contributed by atoms with Gasteiger partial charge in [0.15, 0.2) is 0 Å². The predicted octanol–water partition coefficient (Wildman–Crippen LogP) is 11.0. The van der Waals surface area contributed by atoms with E-state index in [0.29, 0.717) is 0 Å². The molecule has 0 saturated carbocycles. The quantitative estimate of drug-likeness (QED) is 0.203. The van der Waals surface area contributed by atoms with Crippen LogP contribution in [0.25, 0.3) is 60.1 Å². The smallest absolute Gasteiger partial charge is 0.0575 e. The van der Waals surface area contributed by atoms with E-state index in [1.54, 1.807) is 0 Å². The molecule has 0 saturated heterocycles. The molecule has 0 fully saturated rings. The number of benzene rings is 7. The Hall–Kier alpha value is -4.59. The summed E-state index contributed by atoms with van der Waals surface area (Å²) in [7, 11) is 0. The molecule has 0 nitrogen and oxygen atoms in total. The third-order valence-corrected chi connectivity index (χ3v) is 9.59. The van der Waals surface area contributed by atoms with Gasteiger partial charge in [0.2, 0.25) is 0 Å². The molecule has 0 amide bonds. The van der Waals surface area contributed by atoms with Crippen LogP contribution in [0.1, 0.15) is 11.1 Å². The van der Waals surface area contributed by atoms with E-state index < -0.39 is 0 Å². The number of rotatable bonds is 2. The fraction of sp³-hybridized carbons (Fsp3) is 0. The third-order valence-electron chi connectivity index (χ3n) is 8.46. The molecule has 0 unspecified atom stereocenters. The van der Waals surface area contributed by atoms with Gasteiger partial charge >= 0.3 is 0 Å². The molecule has 0 bridgehead atoms. The van der Waals surface area contributed by atoms with Crippen LogP contribution in [-0.2, 0) is 0 Å². The molecule has 9 rings (SSSR count). The Balaban J connectivity index is 1.11. The van der Waals surface area contributed by atoms with E-state index in [-0.39, 0.29) is 0 Å². The molecule has 2 aliphatic rings. The normalized spacial score (nSPS) is 13.9. The van der Waals surface area contributed by atoms with Gasteiger partial charge in [-0.2, -0.15) is 0 Å². The van der Waals surface area contributed by atoms with Gasteiger partial charge in [-0.3, -0.25) is 0 Å². The standard InChI is InChI=1S/C39H23S/c1-2-9-30-28(7-1)29-8-3-4-10-31(29)35-21-26(17-19-32(30)35)24-13-15-25(16-14-24)27-18-20-34-37-23-36(37)33-11-5-6-12-38(33)40-39(34)22-27/h1-23H. The van der Waals surface area contributed by atoms with Crippen molar-refractivity contribution < 1.29 is 0 Å². The fourth-order valence-electron chi connectivity index (χ4n) is 6.40. The number of hydrogen-bond donors (Lipinski definition) is 0. The minimum Gasteiger partial charge on any atom is -0.0891 e. The van der Waals surface area contributed by atoms with Crippen LogP contribution in [-0.4, -0.2) is 0 Å². The zero-order valence-corrected chi connectivity index (χ0v) is 22.5. The second-order valence-electron chi connectivity index (χ2n) is 10.7. The molecule has 0 aromatic heterocycles. The van der Waals surface area contributed by atoms with E-state index in [0.717, 1.165) is 0 Å². The summed E-state index contributed by atoms with van der Waals surface area (Å²) in [4.78, 5) is 2.67. The monoisotopic (exact) mass is 523 g/mol. The molecule has 1 heteroatoms. The minimum atomic E-state index is 1.24. The third kappa shape index (κ3) is 3.35. The first-order chi connectivity index (χ1) is 19.8. The van der Waals surface area contributed by atoms with Gasteiger partial charge in [0.05, 0.1) is 5.92 Å². The number of fused-ring (bicyclic) bond motifs is 11. The van der Waals surface area contributed by atoms with Crippen LogP contribution < -0.4 is 0 Å². The summed E-state index contributed by atoms with van der Waals surface area (Å²) in [5.74, 6) is 1.40. The molecule has 7 aromatic carbocycles. The van der Waals surface area contributed by atoms with Gasteiger partial charge in [-0.1, -0.05) is 133 Å². The van der Waals surface area contributed by atoms with Crippen LogP contribution in [0.2, 0.25) is 0 Å². The van der Waals surface area contributed by atoms with Crippen molar-refractivity contribution in [1.82, 2.24) is 0 Å². The highest BCUT2D eigenvalue weighted by Gasteiger charge is 2.35. The highest BCUT2D eigenvalue weighted by atomic mass is 32.2. The van der Waals surface area contributed by atoms with Gasteiger partial charge < -0.3 is 0 Å². The van der Waals surface area contributed by atoms with Crippen LogP contribution in [0.4, 0.5) is 0 Å². The van der Waals surface area contributed by atoms with E-state index in [1.165, 1.54) is 87.0 Å². The lowest BCUT2D eigenvalue weighted by molar-refractivity contribution is 1.33. The highest BCUT2D eigenvalue weighted by Crippen LogP contribution is 2.55. The number of hydrogen-bond acceptors (Lipinski definition) is 1. The average Bonchev–Trinajstić information content (AvgIpc) is 3.83. The maximum atomic E-state index is 2.37. The zero-order chi connectivity index (χ0) is 26.2. The van der Waals surface area contributed by atoms with E-state index >= 15 is 0 Å². The molecule has 1 radical (unpaired) electrons. The molecular weight excluding hydrogens is 500 g/mol. The van der Waals surface area contributed by atoms with Crippen molar-refractivity contribution in [3.8, 4) is 22.3 Å². The molecule has 0 spiro atoms. The van der Waals surface area contributed by atoms with Crippen LogP contribution >= 0.6 is 11.8 Å². The Kier molecular flexibility index (Phi) is 4.70. The van der Waals surface area contributed by atoms with E-state index in [4.69, 9.17) is 0 Å². The average molecular weight is 524 g/mol. The van der Waals surface area contributed by atoms with Gasteiger partial charge in [0.1, 0.15) is 0 Å². The maximum Gasteiger partial charge on any atom is 0.0575 e.